The van der Waals surface area contributed by atoms with Crippen LogP contribution < -0.4 is 5.32 Å². The molecule has 0 radical (unpaired) electrons. The maximum Gasteiger partial charge on any atom is 0.227 e. The molecule has 1 N–H and O–H groups in total. The SMILES string of the molecule is N#CC1(NC(=O)CCc2nc(C3CCCC3)no2)CCSC1. The van der Waals surface area contributed by atoms with Crippen LogP contribution >= 0.6 is 11.8 Å². The molecule has 1 amide bonds. The topological polar surface area (TPSA) is 91.8 Å². The summed E-state index contributed by atoms with van der Waals surface area (Å²) in [6.07, 6.45) is 6.13. The van der Waals surface area contributed by atoms with Crippen LogP contribution in [0.5, 0.6) is 0 Å². The molecule has 3 rings (SSSR count). The average molecular weight is 320 g/mol. The number of hydrogen-bond acceptors (Lipinski definition) is 6. The molecule has 1 saturated carbocycles. The molecule has 1 aliphatic heterocycles. The quantitative estimate of drug-likeness (QED) is 0.894. The van der Waals surface area contributed by atoms with E-state index in [-0.39, 0.29) is 12.3 Å². The molecule has 1 unspecified atom stereocenters. The minimum Gasteiger partial charge on any atom is -0.339 e. The largest absolute Gasteiger partial charge is 0.339 e. The molecule has 1 atom stereocenters. The molecule has 118 valence electrons. The summed E-state index contributed by atoms with van der Waals surface area (Å²) < 4.78 is 5.24. The predicted molar refractivity (Wildman–Crippen MR) is 82.3 cm³/mol. The third-order valence-electron chi connectivity index (χ3n) is 4.38. The van der Waals surface area contributed by atoms with Gasteiger partial charge in [0, 0.05) is 24.5 Å². The summed E-state index contributed by atoms with van der Waals surface area (Å²) >= 11 is 1.70. The Hall–Kier alpha value is -1.55. The second-order valence-electron chi connectivity index (χ2n) is 6.07. The normalized spacial score (nSPS) is 25.2. The van der Waals surface area contributed by atoms with Crippen molar-refractivity contribution in [2.75, 3.05) is 11.5 Å². The van der Waals surface area contributed by atoms with Gasteiger partial charge in [0.25, 0.3) is 0 Å². The van der Waals surface area contributed by atoms with Crippen molar-refractivity contribution in [2.24, 2.45) is 0 Å². The van der Waals surface area contributed by atoms with Crippen molar-refractivity contribution in [1.29, 1.82) is 5.26 Å². The number of rotatable bonds is 5. The van der Waals surface area contributed by atoms with Crippen LogP contribution in [0.15, 0.2) is 4.52 Å². The number of aromatic nitrogens is 2. The summed E-state index contributed by atoms with van der Waals surface area (Å²) in [5.41, 5.74) is -0.689. The molecular weight excluding hydrogens is 300 g/mol. The lowest BCUT2D eigenvalue weighted by Gasteiger charge is -2.20. The van der Waals surface area contributed by atoms with Crippen molar-refractivity contribution in [3.63, 3.8) is 0 Å². The molecule has 0 aromatic carbocycles. The van der Waals surface area contributed by atoms with Gasteiger partial charge in [-0.05, 0) is 25.0 Å². The monoisotopic (exact) mass is 320 g/mol. The Balaban J connectivity index is 1.50. The lowest BCUT2D eigenvalue weighted by atomic mass is 10.0. The Kier molecular flexibility index (Phi) is 4.67. The highest BCUT2D eigenvalue weighted by Crippen LogP contribution is 2.32. The molecule has 0 spiro atoms. The maximum absolute atomic E-state index is 12.0. The fourth-order valence-corrected chi connectivity index (χ4v) is 4.32. The van der Waals surface area contributed by atoms with Crippen LogP contribution in [0.4, 0.5) is 0 Å². The van der Waals surface area contributed by atoms with E-state index in [0.717, 1.165) is 24.4 Å². The zero-order valence-electron chi connectivity index (χ0n) is 12.5. The Morgan fingerprint density at radius 2 is 2.32 bits per heavy atom. The van der Waals surface area contributed by atoms with Gasteiger partial charge in [-0.3, -0.25) is 4.79 Å². The second kappa shape index (κ2) is 6.69. The van der Waals surface area contributed by atoms with Crippen molar-refractivity contribution < 1.29 is 9.32 Å². The summed E-state index contributed by atoms with van der Waals surface area (Å²) in [7, 11) is 0. The molecule has 0 bridgehead atoms. The zero-order chi connectivity index (χ0) is 15.4. The van der Waals surface area contributed by atoms with E-state index in [1.165, 1.54) is 12.8 Å². The van der Waals surface area contributed by atoms with Crippen molar-refractivity contribution >= 4 is 17.7 Å². The zero-order valence-corrected chi connectivity index (χ0v) is 13.3. The van der Waals surface area contributed by atoms with Gasteiger partial charge in [0.2, 0.25) is 11.8 Å². The fourth-order valence-electron chi connectivity index (χ4n) is 3.05. The third kappa shape index (κ3) is 3.43. The number of carbonyl (C=O) groups excluding carboxylic acids is 1. The molecular formula is C15H20N4O2S. The third-order valence-corrected chi connectivity index (χ3v) is 5.57. The van der Waals surface area contributed by atoms with Crippen LogP contribution in [0.1, 0.15) is 56.2 Å². The lowest BCUT2D eigenvalue weighted by molar-refractivity contribution is -0.122. The fraction of sp³-hybridized carbons (Fsp3) is 0.733. The predicted octanol–water partition coefficient (Wildman–Crippen LogP) is 2.18. The molecule has 1 saturated heterocycles. The molecule has 2 aliphatic rings. The minimum absolute atomic E-state index is 0.121. The van der Waals surface area contributed by atoms with E-state index in [2.05, 4.69) is 21.5 Å². The molecule has 22 heavy (non-hydrogen) atoms. The Bertz CT molecular complexity index is 568. The van der Waals surface area contributed by atoms with Crippen LogP contribution in [0.2, 0.25) is 0 Å². The number of nitriles is 1. The van der Waals surface area contributed by atoms with E-state index in [1.807, 2.05) is 0 Å². The molecule has 1 aromatic rings. The molecule has 2 heterocycles. The van der Waals surface area contributed by atoms with Gasteiger partial charge in [0.1, 0.15) is 5.54 Å². The number of thioether (sulfide) groups is 1. The van der Waals surface area contributed by atoms with Crippen LogP contribution in [0.25, 0.3) is 0 Å². The lowest BCUT2D eigenvalue weighted by Crippen LogP contribution is -2.47. The van der Waals surface area contributed by atoms with E-state index >= 15 is 0 Å². The Morgan fingerprint density at radius 1 is 1.50 bits per heavy atom. The van der Waals surface area contributed by atoms with E-state index < -0.39 is 5.54 Å². The highest BCUT2D eigenvalue weighted by atomic mass is 32.2. The van der Waals surface area contributed by atoms with Gasteiger partial charge in [-0.1, -0.05) is 18.0 Å². The first-order chi connectivity index (χ1) is 10.7. The van der Waals surface area contributed by atoms with Crippen LogP contribution in [0, 0.1) is 11.3 Å². The summed E-state index contributed by atoms with van der Waals surface area (Å²) in [5.74, 6) is 3.19. The second-order valence-corrected chi connectivity index (χ2v) is 7.18. The Morgan fingerprint density at radius 3 is 3.00 bits per heavy atom. The number of nitrogens with zero attached hydrogens (tertiary/aromatic N) is 3. The summed E-state index contributed by atoms with van der Waals surface area (Å²) in [6.45, 7) is 0. The van der Waals surface area contributed by atoms with Gasteiger partial charge < -0.3 is 9.84 Å². The van der Waals surface area contributed by atoms with Crippen molar-refractivity contribution in [3.8, 4) is 6.07 Å². The van der Waals surface area contributed by atoms with Gasteiger partial charge >= 0.3 is 0 Å². The Labute approximate surface area is 134 Å². The number of hydrogen-bond donors (Lipinski definition) is 1. The standard InChI is InChI=1S/C15H20N4O2S/c16-9-15(7-8-22-10-15)18-12(20)5-6-13-17-14(19-21-13)11-3-1-2-4-11/h11H,1-8,10H2,(H,18,20). The van der Waals surface area contributed by atoms with E-state index in [1.54, 1.807) is 11.8 Å². The first-order valence-electron chi connectivity index (χ1n) is 7.83. The first kappa shape index (κ1) is 15.3. The number of carbonyl (C=O) groups is 1. The average Bonchev–Trinajstić information content (AvgIpc) is 3.26. The van der Waals surface area contributed by atoms with E-state index in [0.29, 0.717) is 30.4 Å². The number of nitrogens with one attached hydrogen (secondary N) is 1. The van der Waals surface area contributed by atoms with Gasteiger partial charge in [-0.25, -0.2) is 0 Å². The highest BCUT2D eigenvalue weighted by Gasteiger charge is 2.35. The van der Waals surface area contributed by atoms with Crippen LogP contribution in [-0.2, 0) is 11.2 Å². The maximum atomic E-state index is 12.0. The van der Waals surface area contributed by atoms with Crippen LogP contribution in [0.3, 0.4) is 0 Å². The van der Waals surface area contributed by atoms with Gasteiger partial charge in [0.05, 0.1) is 6.07 Å². The van der Waals surface area contributed by atoms with Gasteiger partial charge in [0.15, 0.2) is 5.82 Å². The number of amides is 1. The molecule has 2 fully saturated rings. The molecule has 1 aromatic heterocycles. The summed E-state index contributed by atoms with van der Waals surface area (Å²) in [5, 5.41) is 16.2. The van der Waals surface area contributed by atoms with Crippen LogP contribution in [-0.4, -0.2) is 33.1 Å². The number of aryl methyl sites for hydroxylation is 1. The first-order valence-corrected chi connectivity index (χ1v) is 8.99. The summed E-state index contributed by atoms with van der Waals surface area (Å²) in [4.78, 5) is 16.4. The van der Waals surface area contributed by atoms with Gasteiger partial charge in [-0.2, -0.15) is 22.0 Å². The van der Waals surface area contributed by atoms with Crippen molar-refractivity contribution in [3.05, 3.63) is 11.7 Å². The summed E-state index contributed by atoms with van der Waals surface area (Å²) in [6, 6.07) is 2.24. The van der Waals surface area contributed by atoms with Gasteiger partial charge in [-0.15, -0.1) is 0 Å². The molecule has 1 aliphatic carbocycles. The highest BCUT2D eigenvalue weighted by molar-refractivity contribution is 7.99. The van der Waals surface area contributed by atoms with E-state index in [4.69, 9.17) is 4.52 Å². The minimum atomic E-state index is -0.689. The van der Waals surface area contributed by atoms with Crippen molar-refractivity contribution in [1.82, 2.24) is 15.5 Å². The van der Waals surface area contributed by atoms with E-state index in [9.17, 15) is 10.1 Å². The molecule has 7 heteroatoms. The molecule has 6 nitrogen and oxygen atoms in total. The smallest absolute Gasteiger partial charge is 0.227 e. The van der Waals surface area contributed by atoms with Crippen molar-refractivity contribution in [2.45, 2.75) is 56.4 Å².